The van der Waals surface area contributed by atoms with Crippen LogP contribution in [0.4, 0.5) is 5.69 Å². The number of rotatable bonds is 11. The lowest BCUT2D eigenvalue weighted by Crippen LogP contribution is -2.53. The van der Waals surface area contributed by atoms with E-state index in [-0.39, 0.29) is 29.1 Å². The molecule has 0 radical (unpaired) electrons. The Morgan fingerprint density at radius 3 is 2.20 bits per heavy atom. The van der Waals surface area contributed by atoms with Crippen LogP contribution in [0, 0.1) is 0 Å². The van der Waals surface area contributed by atoms with Crippen molar-refractivity contribution in [2.45, 2.75) is 62.6 Å². The molecule has 0 spiro atoms. The summed E-state index contributed by atoms with van der Waals surface area (Å²) in [6.45, 7) is 1.32. The summed E-state index contributed by atoms with van der Waals surface area (Å²) >= 11 is 6.08. The first-order valence-corrected chi connectivity index (χ1v) is 15.6. The maximum Gasteiger partial charge on any atom is 0.264 e. The van der Waals surface area contributed by atoms with Gasteiger partial charge in [0.25, 0.3) is 10.0 Å². The zero-order chi connectivity index (χ0) is 29.4. The van der Waals surface area contributed by atoms with Crippen LogP contribution in [0.5, 0.6) is 5.75 Å². The largest absolute Gasteiger partial charge is 0.497 e. The van der Waals surface area contributed by atoms with Crippen molar-refractivity contribution in [3.8, 4) is 5.75 Å². The summed E-state index contributed by atoms with van der Waals surface area (Å²) in [7, 11) is -2.68. The smallest absolute Gasteiger partial charge is 0.264 e. The second kappa shape index (κ2) is 13.9. The van der Waals surface area contributed by atoms with Crippen molar-refractivity contribution >= 4 is 39.1 Å². The van der Waals surface area contributed by atoms with Gasteiger partial charge < -0.3 is 15.0 Å². The molecule has 41 heavy (non-hydrogen) atoms. The summed E-state index contributed by atoms with van der Waals surface area (Å²) in [5.41, 5.74) is 1.10. The SMILES string of the molecule is COc1ccc(S(=O)(=O)N(CC(=O)N(Cc2ccccc2)[C@@H](C)C(=O)NC2CCCCC2)c2ccc(Cl)cc2)cc1. The fourth-order valence-corrected chi connectivity index (χ4v) is 6.48. The Kier molecular flexibility index (Phi) is 10.3. The maximum absolute atomic E-state index is 14.0. The van der Waals surface area contributed by atoms with Gasteiger partial charge in [0, 0.05) is 17.6 Å². The lowest BCUT2D eigenvalue weighted by atomic mass is 9.95. The van der Waals surface area contributed by atoms with Crippen molar-refractivity contribution in [2.75, 3.05) is 18.0 Å². The number of nitrogens with one attached hydrogen (secondary N) is 1. The second-order valence-corrected chi connectivity index (χ2v) is 12.5. The molecule has 1 fully saturated rings. The summed E-state index contributed by atoms with van der Waals surface area (Å²) in [5.74, 6) is -0.255. The lowest BCUT2D eigenvalue weighted by molar-refractivity contribution is -0.139. The van der Waals surface area contributed by atoms with Crippen molar-refractivity contribution in [3.05, 3.63) is 89.4 Å². The van der Waals surface area contributed by atoms with Gasteiger partial charge >= 0.3 is 0 Å². The van der Waals surface area contributed by atoms with E-state index >= 15 is 0 Å². The van der Waals surface area contributed by atoms with E-state index < -0.39 is 28.5 Å². The molecule has 3 aromatic rings. The third-order valence-corrected chi connectivity index (χ3v) is 9.40. The third-order valence-electron chi connectivity index (χ3n) is 7.36. The number of benzene rings is 3. The number of carbonyl (C=O) groups is 2. The maximum atomic E-state index is 14.0. The number of nitrogens with zero attached hydrogens (tertiary/aromatic N) is 2. The Hall–Kier alpha value is -3.56. The molecule has 4 rings (SSSR count). The van der Waals surface area contributed by atoms with Crippen molar-refractivity contribution in [3.63, 3.8) is 0 Å². The number of ether oxygens (including phenoxy) is 1. The molecule has 1 aliphatic rings. The van der Waals surface area contributed by atoms with E-state index in [1.54, 1.807) is 43.3 Å². The van der Waals surface area contributed by atoms with E-state index in [4.69, 9.17) is 16.3 Å². The van der Waals surface area contributed by atoms with Crippen LogP contribution in [-0.2, 0) is 26.2 Å². The van der Waals surface area contributed by atoms with Crippen LogP contribution in [0.3, 0.4) is 0 Å². The van der Waals surface area contributed by atoms with Crippen molar-refractivity contribution in [2.24, 2.45) is 0 Å². The fourth-order valence-electron chi connectivity index (χ4n) is 4.94. The Morgan fingerprint density at radius 2 is 1.59 bits per heavy atom. The van der Waals surface area contributed by atoms with Crippen LogP contribution < -0.4 is 14.4 Å². The molecule has 0 aromatic heterocycles. The third kappa shape index (κ3) is 7.80. The van der Waals surface area contributed by atoms with Crippen LogP contribution in [-0.4, -0.2) is 50.9 Å². The van der Waals surface area contributed by atoms with E-state index in [1.165, 1.54) is 24.1 Å². The molecule has 0 saturated heterocycles. The van der Waals surface area contributed by atoms with Crippen LogP contribution in [0.2, 0.25) is 5.02 Å². The Balaban J connectivity index is 1.65. The highest BCUT2D eigenvalue weighted by Gasteiger charge is 2.33. The molecule has 1 aliphatic carbocycles. The monoisotopic (exact) mass is 597 g/mol. The van der Waals surface area contributed by atoms with Gasteiger partial charge in [0.2, 0.25) is 11.8 Å². The normalized spacial score (nSPS) is 14.6. The number of methoxy groups -OCH3 is 1. The molecule has 0 unspecified atom stereocenters. The van der Waals surface area contributed by atoms with Crippen molar-refractivity contribution in [1.29, 1.82) is 0 Å². The first-order chi connectivity index (χ1) is 19.7. The molecule has 8 nitrogen and oxygen atoms in total. The minimum atomic E-state index is -4.18. The van der Waals surface area contributed by atoms with E-state index in [0.29, 0.717) is 10.8 Å². The van der Waals surface area contributed by atoms with Gasteiger partial charge in [-0.25, -0.2) is 8.42 Å². The molecule has 1 saturated carbocycles. The predicted octanol–water partition coefficient (Wildman–Crippen LogP) is 5.41. The molecule has 3 aromatic carbocycles. The molecule has 1 N–H and O–H groups in total. The molecule has 0 heterocycles. The Morgan fingerprint density at radius 1 is 0.951 bits per heavy atom. The molecule has 1 atom stereocenters. The molecular weight excluding hydrogens is 562 g/mol. The highest BCUT2D eigenvalue weighted by molar-refractivity contribution is 7.92. The lowest BCUT2D eigenvalue weighted by Gasteiger charge is -2.33. The van der Waals surface area contributed by atoms with Gasteiger partial charge in [-0.05, 0) is 73.9 Å². The molecule has 218 valence electrons. The predicted molar refractivity (Wildman–Crippen MR) is 160 cm³/mol. The van der Waals surface area contributed by atoms with Crippen molar-refractivity contribution < 1.29 is 22.7 Å². The number of sulfonamides is 1. The number of carbonyl (C=O) groups excluding carboxylic acids is 2. The number of hydrogen-bond acceptors (Lipinski definition) is 5. The summed E-state index contributed by atoms with van der Waals surface area (Å²) in [6.07, 6.45) is 5.10. The van der Waals surface area contributed by atoms with E-state index in [2.05, 4.69) is 5.32 Å². The average molecular weight is 598 g/mol. The standard InChI is InChI=1S/C31H36ClN3O5S/c1-23(31(37)33-26-11-7-4-8-12-26)34(21-24-9-5-3-6-10-24)30(36)22-35(27-15-13-25(32)14-16-27)41(38,39)29-19-17-28(40-2)18-20-29/h3,5-6,9-10,13-20,23,26H,4,7-8,11-12,21-22H2,1-2H3,(H,33,37)/t23-/m0/s1. The number of hydrogen-bond donors (Lipinski definition) is 1. The van der Waals surface area contributed by atoms with Crippen LogP contribution in [0.15, 0.2) is 83.8 Å². The average Bonchev–Trinajstić information content (AvgIpc) is 2.99. The molecule has 0 aliphatic heterocycles. The summed E-state index contributed by atoms with van der Waals surface area (Å²) < 4.78 is 34.0. The number of amides is 2. The highest BCUT2D eigenvalue weighted by Crippen LogP contribution is 2.27. The molecule has 0 bridgehead atoms. The van der Waals surface area contributed by atoms with Crippen molar-refractivity contribution in [1.82, 2.24) is 10.2 Å². The van der Waals surface area contributed by atoms with Gasteiger partial charge in [0.05, 0.1) is 17.7 Å². The van der Waals surface area contributed by atoms with Gasteiger partial charge in [-0.3, -0.25) is 13.9 Å². The molecular formula is C31H36ClN3O5S. The Labute approximate surface area is 247 Å². The Bertz CT molecular complexity index is 1410. The summed E-state index contributed by atoms with van der Waals surface area (Å²) in [4.78, 5) is 28.8. The minimum Gasteiger partial charge on any atom is -0.497 e. The number of halogens is 1. The first kappa shape index (κ1) is 30.4. The summed E-state index contributed by atoms with van der Waals surface area (Å²) in [5, 5.41) is 3.54. The minimum absolute atomic E-state index is 0.00116. The molecule has 10 heteroatoms. The van der Waals surface area contributed by atoms with Gasteiger partial charge in [-0.2, -0.15) is 0 Å². The highest BCUT2D eigenvalue weighted by atomic mass is 35.5. The quantitative estimate of drug-likeness (QED) is 0.319. The van der Waals surface area contributed by atoms with E-state index in [0.717, 1.165) is 42.0 Å². The topological polar surface area (TPSA) is 96.0 Å². The van der Waals surface area contributed by atoms with Crippen LogP contribution in [0.1, 0.15) is 44.6 Å². The van der Waals surface area contributed by atoms with Gasteiger partial charge in [0.1, 0.15) is 18.3 Å². The van der Waals surface area contributed by atoms with Gasteiger partial charge in [-0.1, -0.05) is 61.2 Å². The zero-order valence-electron chi connectivity index (χ0n) is 23.3. The van der Waals surface area contributed by atoms with E-state index in [1.807, 2.05) is 30.3 Å². The van der Waals surface area contributed by atoms with E-state index in [9.17, 15) is 18.0 Å². The van der Waals surface area contributed by atoms with Crippen LogP contribution >= 0.6 is 11.6 Å². The summed E-state index contributed by atoms with van der Waals surface area (Å²) in [6, 6.07) is 20.8. The van der Waals surface area contributed by atoms with Gasteiger partial charge in [0.15, 0.2) is 0 Å². The first-order valence-electron chi connectivity index (χ1n) is 13.7. The van der Waals surface area contributed by atoms with Crippen LogP contribution in [0.25, 0.3) is 0 Å². The molecule has 2 amide bonds. The fraction of sp³-hybridized carbons (Fsp3) is 0.355. The zero-order valence-corrected chi connectivity index (χ0v) is 24.9. The number of anilines is 1. The van der Waals surface area contributed by atoms with Gasteiger partial charge in [-0.15, -0.1) is 0 Å². The second-order valence-electron chi connectivity index (χ2n) is 10.2.